The number of hydrogen-bond donors (Lipinski definition) is 1. The normalized spacial score (nSPS) is 15.6. The Hall–Kier alpha value is -1.77. The number of aromatic nitrogens is 1. The summed E-state index contributed by atoms with van der Waals surface area (Å²) in [4.78, 5) is 33.9. The zero-order valence-electron chi connectivity index (χ0n) is 18.3. The lowest BCUT2D eigenvalue weighted by Crippen LogP contribution is -2.46. The molecule has 1 saturated heterocycles. The molecule has 1 aliphatic heterocycles. The van der Waals surface area contributed by atoms with Crippen molar-refractivity contribution in [1.82, 2.24) is 20.1 Å². The van der Waals surface area contributed by atoms with Crippen LogP contribution in [0, 0.1) is 11.3 Å². The van der Waals surface area contributed by atoms with Gasteiger partial charge in [0.05, 0.1) is 12.1 Å². The first-order valence-corrected chi connectivity index (χ1v) is 12.2. The molecular weight excluding hydrogens is 416 g/mol. The molecule has 164 valence electrons. The minimum absolute atomic E-state index is 0.00586. The second kappa shape index (κ2) is 10.0. The summed E-state index contributed by atoms with van der Waals surface area (Å²) < 4.78 is 0. The molecule has 0 atom stereocenters. The van der Waals surface area contributed by atoms with E-state index in [1.54, 1.807) is 22.7 Å². The van der Waals surface area contributed by atoms with Crippen LogP contribution in [0.4, 0.5) is 0 Å². The van der Waals surface area contributed by atoms with Gasteiger partial charge in [0.25, 0.3) is 0 Å². The maximum Gasteiger partial charge on any atom is 0.228 e. The van der Waals surface area contributed by atoms with Crippen molar-refractivity contribution in [2.75, 3.05) is 40.3 Å². The van der Waals surface area contributed by atoms with Crippen LogP contribution in [0.3, 0.4) is 0 Å². The predicted molar refractivity (Wildman–Crippen MR) is 124 cm³/mol. The highest BCUT2D eigenvalue weighted by atomic mass is 32.1. The van der Waals surface area contributed by atoms with Crippen molar-refractivity contribution in [3.8, 4) is 10.6 Å². The number of amides is 2. The van der Waals surface area contributed by atoms with Gasteiger partial charge in [-0.25, -0.2) is 4.98 Å². The Kier molecular flexibility index (Phi) is 7.65. The lowest BCUT2D eigenvalue weighted by atomic mass is 9.91. The maximum atomic E-state index is 12.7. The zero-order valence-corrected chi connectivity index (χ0v) is 19.9. The van der Waals surface area contributed by atoms with Crippen LogP contribution < -0.4 is 5.32 Å². The Morgan fingerprint density at radius 3 is 2.63 bits per heavy atom. The van der Waals surface area contributed by atoms with Gasteiger partial charge in [0.15, 0.2) is 0 Å². The Morgan fingerprint density at radius 2 is 2.00 bits per heavy atom. The number of carbonyl (C=O) groups excluding carboxylic acids is 2. The molecular formula is C22H32N4O2S2. The van der Waals surface area contributed by atoms with Crippen molar-refractivity contribution in [2.24, 2.45) is 11.3 Å². The van der Waals surface area contributed by atoms with Gasteiger partial charge in [0.1, 0.15) is 5.01 Å². The van der Waals surface area contributed by atoms with Crippen LogP contribution in [0.15, 0.2) is 22.2 Å². The molecule has 0 spiro atoms. The monoisotopic (exact) mass is 448 g/mol. The zero-order chi connectivity index (χ0) is 21.7. The lowest BCUT2D eigenvalue weighted by Gasteiger charge is -2.33. The van der Waals surface area contributed by atoms with Crippen LogP contribution >= 0.6 is 22.7 Å². The van der Waals surface area contributed by atoms with Gasteiger partial charge >= 0.3 is 0 Å². The fraction of sp³-hybridized carbons (Fsp3) is 0.591. The van der Waals surface area contributed by atoms with Gasteiger partial charge in [-0.3, -0.25) is 9.59 Å². The average molecular weight is 449 g/mol. The smallest absolute Gasteiger partial charge is 0.228 e. The first-order chi connectivity index (χ1) is 14.2. The molecule has 0 aliphatic carbocycles. The quantitative estimate of drug-likeness (QED) is 0.673. The summed E-state index contributed by atoms with van der Waals surface area (Å²) in [7, 11) is 4.09. The van der Waals surface area contributed by atoms with E-state index < -0.39 is 0 Å². The van der Waals surface area contributed by atoms with E-state index in [2.05, 4.69) is 34.4 Å². The SMILES string of the molecule is CN(C)CC(C)(C)CNC(=O)C1CCN(C(=O)Cc2csc(-c3ccsc3)n2)CC1. The van der Waals surface area contributed by atoms with Crippen molar-refractivity contribution < 1.29 is 9.59 Å². The fourth-order valence-corrected chi connectivity index (χ4v) is 5.48. The van der Waals surface area contributed by atoms with Crippen LogP contribution in [0.25, 0.3) is 10.6 Å². The average Bonchev–Trinajstić information content (AvgIpc) is 3.37. The third kappa shape index (κ3) is 6.36. The van der Waals surface area contributed by atoms with E-state index in [0.29, 0.717) is 26.1 Å². The number of likely N-dealkylation sites (tertiary alicyclic amines) is 1. The van der Waals surface area contributed by atoms with Crippen LogP contribution in [-0.4, -0.2) is 66.9 Å². The Balaban J connectivity index is 1.43. The molecule has 1 fully saturated rings. The van der Waals surface area contributed by atoms with E-state index in [-0.39, 0.29) is 23.1 Å². The molecule has 0 saturated carbocycles. The standard InChI is InChI=1S/C22H32N4O2S2/c1-22(2,15-25(3)4)14-23-20(28)16-5-8-26(9-6-16)19(27)11-18-13-30-21(24-18)17-7-10-29-12-17/h7,10,12-13,16H,5-6,8-9,11,14-15H2,1-4H3,(H,23,28). The summed E-state index contributed by atoms with van der Waals surface area (Å²) in [5, 5.41) is 10.2. The first-order valence-electron chi connectivity index (χ1n) is 10.4. The summed E-state index contributed by atoms with van der Waals surface area (Å²) in [6.45, 7) is 7.19. The number of rotatable bonds is 8. The van der Waals surface area contributed by atoms with Gasteiger partial charge in [-0.15, -0.1) is 11.3 Å². The van der Waals surface area contributed by atoms with E-state index in [1.807, 2.05) is 35.8 Å². The molecule has 30 heavy (non-hydrogen) atoms. The van der Waals surface area contributed by atoms with E-state index in [9.17, 15) is 9.59 Å². The van der Waals surface area contributed by atoms with E-state index in [0.717, 1.165) is 35.7 Å². The van der Waals surface area contributed by atoms with Gasteiger partial charge in [0.2, 0.25) is 11.8 Å². The molecule has 1 N–H and O–H groups in total. The van der Waals surface area contributed by atoms with Crippen LogP contribution in [0.1, 0.15) is 32.4 Å². The maximum absolute atomic E-state index is 12.7. The van der Waals surface area contributed by atoms with Crippen molar-refractivity contribution in [1.29, 1.82) is 0 Å². The molecule has 8 heteroatoms. The number of piperidine rings is 1. The fourth-order valence-electron chi connectivity index (χ4n) is 3.95. The summed E-state index contributed by atoms with van der Waals surface area (Å²) in [6, 6.07) is 2.05. The highest BCUT2D eigenvalue weighted by Gasteiger charge is 2.29. The minimum atomic E-state index is -0.00586. The second-order valence-electron chi connectivity index (χ2n) is 9.11. The summed E-state index contributed by atoms with van der Waals surface area (Å²) >= 11 is 3.23. The van der Waals surface area contributed by atoms with Crippen molar-refractivity contribution in [2.45, 2.75) is 33.1 Å². The van der Waals surface area contributed by atoms with Gasteiger partial charge < -0.3 is 15.1 Å². The van der Waals surface area contributed by atoms with E-state index in [4.69, 9.17) is 0 Å². The van der Waals surface area contributed by atoms with Gasteiger partial charge in [-0.1, -0.05) is 13.8 Å². The first kappa shape index (κ1) is 22.9. The number of thiazole rings is 1. The van der Waals surface area contributed by atoms with Crippen LogP contribution in [0.5, 0.6) is 0 Å². The molecule has 2 aromatic rings. The van der Waals surface area contributed by atoms with E-state index >= 15 is 0 Å². The summed E-state index contributed by atoms with van der Waals surface area (Å²) in [5.74, 6) is 0.214. The van der Waals surface area contributed by atoms with Crippen molar-refractivity contribution in [3.63, 3.8) is 0 Å². The molecule has 0 aromatic carbocycles. The topological polar surface area (TPSA) is 65.5 Å². The molecule has 6 nitrogen and oxygen atoms in total. The Bertz CT molecular complexity index is 837. The number of nitrogens with one attached hydrogen (secondary N) is 1. The third-order valence-electron chi connectivity index (χ3n) is 5.36. The largest absolute Gasteiger partial charge is 0.355 e. The number of nitrogens with zero attached hydrogens (tertiary/aromatic N) is 3. The van der Waals surface area contributed by atoms with Crippen LogP contribution in [-0.2, 0) is 16.0 Å². The predicted octanol–water partition coefficient (Wildman–Crippen LogP) is 3.36. The highest BCUT2D eigenvalue weighted by Crippen LogP contribution is 2.26. The lowest BCUT2D eigenvalue weighted by molar-refractivity contribution is -0.135. The van der Waals surface area contributed by atoms with Gasteiger partial charge in [0, 0.05) is 48.4 Å². The minimum Gasteiger partial charge on any atom is -0.355 e. The molecule has 3 rings (SSSR count). The molecule has 3 heterocycles. The van der Waals surface area contributed by atoms with Crippen molar-refractivity contribution >= 4 is 34.5 Å². The molecule has 1 aliphatic rings. The molecule has 0 unspecified atom stereocenters. The van der Waals surface area contributed by atoms with Gasteiger partial charge in [-0.2, -0.15) is 11.3 Å². The summed E-state index contributed by atoms with van der Waals surface area (Å²) in [6.07, 6.45) is 1.78. The molecule has 0 radical (unpaired) electrons. The van der Waals surface area contributed by atoms with Crippen LogP contribution in [0.2, 0.25) is 0 Å². The van der Waals surface area contributed by atoms with E-state index in [1.165, 1.54) is 0 Å². The number of hydrogen-bond acceptors (Lipinski definition) is 6. The number of carbonyl (C=O) groups is 2. The highest BCUT2D eigenvalue weighted by molar-refractivity contribution is 7.14. The third-order valence-corrected chi connectivity index (χ3v) is 6.98. The Labute approximate surface area is 187 Å². The summed E-state index contributed by atoms with van der Waals surface area (Å²) in [5.41, 5.74) is 1.98. The second-order valence-corrected chi connectivity index (χ2v) is 10.7. The molecule has 2 aromatic heterocycles. The molecule has 0 bridgehead atoms. The number of thiophene rings is 1. The van der Waals surface area contributed by atoms with Crippen molar-refractivity contribution in [3.05, 3.63) is 27.9 Å². The Morgan fingerprint density at radius 1 is 1.27 bits per heavy atom. The van der Waals surface area contributed by atoms with Gasteiger partial charge in [-0.05, 0) is 43.8 Å². The molecule has 2 amide bonds.